The smallest absolute Gasteiger partial charge is 0.208 e. The number of sulfonamides is 1. The minimum absolute atomic E-state index is 0.0447. The molecule has 0 aromatic heterocycles. The van der Waals surface area contributed by atoms with Crippen molar-refractivity contribution < 1.29 is 8.42 Å². The van der Waals surface area contributed by atoms with Crippen LogP contribution in [-0.2, 0) is 10.0 Å². The fourth-order valence-electron chi connectivity index (χ4n) is 2.08. The van der Waals surface area contributed by atoms with Crippen LogP contribution in [0.25, 0.3) is 0 Å². The highest BCUT2D eigenvalue weighted by atomic mass is 32.2. The second kappa shape index (κ2) is 4.16. The van der Waals surface area contributed by atoms with E-state index in [1.165, 1.54) is 19.1 Å². The minimum Gasteiger partial charge on any atom is -0.302 e. The topological polar surface area (TPSA) is 49.4 Å². The van der Waals surface area contributed by atoms with Crippen LogP contribution < -0.4 is 4.72 Å². The maximum absolute atomic E-state index is 11.0. The first-order chi connectivity index (χ1) is 6.36. The number of nitrogens with zero attached hydrogens (tertiary/aromatic N) is 1. The van der Waals surface area contributed by atoms with E-state index < -0.39 is 10.0 Å². The summed E-state index contributed by atoms with van der Waals surface area (Å²) in [6, 6.07) is 0. The maximum Gasteiger partial charge on any atom is 0.208 e. The second-order valence-electron chi connectivity index (χ2n) is 4.42. The van der Waals surface area contributed by atoms with Crippen LogP contribution >= 0.6 is 0 Å². The average molecular weight is 220 g/mol. The van der Waals surface area contributed by atoms with Gasteiger partial charge in [0.15, 0.2) is 0 Å². The second-order valence-corrected chi connectivity index (χ2v) is 6.25. The molecule has 1 N–H and O–H groups in total. The van der Waals surface area contributed by atoms with Gasteiger partial charge in [0.1, 0.15) is 0 Å². The summed E-state index contributed by atoms with van der Waals surface area (Å²) < 4.78 is 24.7. The average Bonchev–Trinajstić information content (AvgIpc) is 2.48. The van der Waals surface area contributed by atoms with Gasteiger partial charge in [0, 0.05) is 12.1 Å². The van der Waals surface area contributed by atoms with Crippen molar-refractivity contribution in [2.45, 2.75) is 31.2 Å². The van der Waals surface area contributed by atoms with E-state index in [1.54, 1.807) is 0 Å². The molecular formula is C9H20N2O2S. The van der Waals surface area contributed by atoms with Gasteiger partial charge in [0.25, 0.3) is 0 Å². The predicted octanol–water partition coefficient (Wildman–Crippen LogP) is 0.410. The van der Waals surface area contributed by atoms with Crippen LogP contribution in [0.1, 0.15) is 25.7 Å². The summed E-state index contributed by atoms with van der Waals surface area (Å²) in [5.41, 5.74) is 0.0447. The van der Waals surface area contributed by atoms with Gasteiger partial charge in [0.2, 0.25) is 10.0 Å². The summed E-state index contributed by atoms with van der Waals surface area (Å²) in [5.74, 6) is 0. The SMILES string of the molecule is CN(C)C1(CNS(C)(=O)=O)CCCC1. The molecule has 0 atom stereocenters. The third-order valence-corrected chi connectivity index (χ3v) is 3.82. The van der Waals surface area contributed by atoms with E-state index in [1.807, 2.05) is 14.1 Å². The molecule has 0 unspecified atom stereocenters. The highest BCUT2D eigenvalue weighted by molar-refractivity contribution is 7.88. The fourth-order valence-corrected chi connectivity index (χ4v) is 2.61. The van der Waals surface area contributed by atoms with Gasteiger partial charge >= 0.3 is 0 Å². The van der Waals surface area contributed by atoms with Gasteiger partial charge in [-0.25, -0.2) is 13.1 Å². The molecule has 0 heterocycles. The first kappa shape index (κ1) is 11.9. The molecule has 5 heteroatoms. The summed E-state index contributed by atoms with van der Waals surface area (Å²) in [6.07, 6.45) is 5.78. The van der Waals surface area contributed by atoms with Crippen molar-refractivity contribution in [1.82, 2.24) is 9.62 Å². The third kappa shape index (κ3) is 2.93. The molecule has 0 bridgehead atoms. The van der Waals surface area contributed by atoms with Gasteiger partial charge in [0.05, 0.1) is 6.26 Å². The van der Waals surface area contributed by atoms with Gasteiger partial charge in [-0.05, 0) is 26.9 Å². The third-order valence-electron chi connectivity index (χ3n) is 3.15. The van der Waals surface area contributed by atoms with Gasteiger partial charge in [-0.15, -0.1) is 0 Å². The lowest BCUT2D eigenvalue weighted by molar-refractivity contribution is 0.162. The van der Waals surface area contributed by atoms with Crippen molar-refractivity contribution >= 4 is 10.0 Å². The number of hydrogen-bond acceptors (Lipinski definition) is 3. The van der Waals surface area contributed by atoms with Crippen LogP contribution in [0.2, 0.25) is 0 Å². The van der Waals surface area contributed by atoms with E-state index >= 15 is 0 Å². The van der Waals surface area contributed by atoms with E-state index in [2.05, 4.69) is 9.62 Å². The van der Waals surface area contributed by atoms with Gasteiger partial charge in [-0.3, -0.25) is 0 Å². The highest BCUT2D eigenvalue weighted by Crippen LogP contribution is 2.33. The lowest BCUT2D eigenvalue weighted by Gasteiger charge is -2.36. The molecule has 0 aromatic rings. The van der Waals surface area contributed by atoms with Gasteiger partial charge < -0.3 is 4.90 Å². The van der Waals surface area contributed by atoms with E-state index in [0.717, 1.165) is 12.8 Å². The van der Waals surface area contributed by atoms with Crippen molar-refractivity contribution in [3.05, 3.63) is 0 Å². The summed E-state index contributed by atoms with van der Waals surface area (Å²) in [4.78, 5) is 2.15. The number of hydrogen-bond donors (Lipinski definition) is 1. The first-order valence-corrected chi connectivity index (χ1v) is 6.87. The first-order valence-electron chi connectivity index (χ1n) is 4.98. The summed E-state index contributed by atoms with van der Waals surface area (Å²) in [7, 11) is 0.986. The van der Waals surface area contributed by atoms with Crippen molar-refractivity contribution in [2.24, 2.45) is 0 Å². The standard InChI is InChI=1S/C9H20N2O2S/c1-11(2)9(6-4-5-7-9)8-10-14(3,12)13/h10H,4-8H2,1-3H3. The minimum atomic E-state index is -3.06. The molecule has 0 aromatic carbocycles. The maximum atomic E-state index is 11.0. The quantitative estimate of drug-likeness (QED) is 0.746. The zero-order chi connectivity index (χ0) is 10.8. The van der Waals surface area contributed by atoms with Crippen LogP contribution in [0.5, 0.6) is 0 Å². The molecule has 0 radical (unpaired) electrons. The molecule has 1 aliphatic rings. The summed E-state index contributed by atoms with van der Waals surface area (Å²) >= 11 is 0. The van der Waals surface area contributed by atoms with E-state index in [0.29, 0.717) is 6.54 Å². The Kier molecular flexibility index (Phi) is 3.55. The van der Waals surface area contributed by atoms with Gasteiger partial charge in [-0.1, -0.05) is 12.8 Å². The Bertz CT molecular complexity index is 279. The van der Waals surface area contributed by atoms with E-state index in [-0.39, 0.29) is 5.54 Å². The fraction of sp³-hybridized carbons (Fsp3) is 1.00. The molecule has 84 valence electrons. The van der Waals surface area contributed by atoms with Gasteiger partial charge in [-0.2, -0.15) is 0 Å². The largest absolute Gasteiger partial charge is 0.302 e. The monoisotopic (exact) mass is 220 g/mol. The molecule has 0 spiro atoms. The molecule has 1 aliphatic carbocycles. The van der Waals surface area contributed by atoms with Crippen LogP contribution in [0.15, 0.2) is 0 Å². The zero-order valence-corrected chi connectivity index (χ0v) is 10.0. The molecule has 14 heavy (non-hydrogen) atoms. The van der Waals surface area contributed by atoms with Crippen LogP contribution in [0.4, 0.5) is 0 Å². The molecule has 0 aliphatic heterocycles. The Morgan fingerprint density at radius 3 is 2.14 bits per heavy atom. The Morgan fingerprint density at radius 1 is 1.29 bits per heavy atom. The zero-order valence-electron chi connectivity index (χ0n) is 9.21. The lowest BCUT2D eigenvalue weighted by Crippen LogP contribution is -2.50. The molecule has 1 fully saturated rings. The van der Waals surface area contributed by atoms with E-state index in [9.17, 15) is 8.42 Å². The molecule has 1 rings (SSSR count). The summed E-state index contributed by atoms with van der Waals surface area (Å²) in [5, 5.41) is 0. The summed E-state index contributed by atoms with van der Waals surface area (Å²) in [6.45, 7) is 0.541. The van der Waals surface area contributed by atoms with E-state index in [4.69, 9.17) is 0 Å². The molecule has 4 nitrogen and oxygen atoms in total. The lowest BCUT2D eigenvalue weighted by atomic mass is 9.97. The van der Waals surface area contributed by atoms with Crippen molar-refractivity contribution in [3.8, 4) is 0 Å². The molecule has 1 saturated carbocycles. The van der Waals surface area contributed by atoms with Crippen molar-refractivity contribution in [3.63, 3.8) is 0 Å². The molecular weight excluding hydrogens is 200 g/mol. The van der Waals surface area contributed by atoms with Crippen LogP contribution in [-0.4, -0.2) is 45.8 Å². The number of nitrogens with one attached hydrogen (secondary N) is 1. The molecule has 0 saturated heterocycles. The number of rotatable bonds is 4. The Balaban J connectivity index is 2.61. The Hall–Kier alpha value is -0.130. The van der Waals surface area contributed by atoms with Crippen molar-refractivity contribution in [2.75, 3.05) is 26.9 Å². The Morgan fingerprint density at radius 2 is 1.79 bits per heavy atom. The predicted molar refractivity (Wildman–Crippen MR) is 57.7 cm³/mol. The van der Waals surface area contributed by atoms with Crippen LogP contribution in [0.3, 0.4) is 0 Å². The molecule has 0 amide bonds. The highest BCUT2D eigenvalue weighted by Gasteiger charge is 2.36. The Labute approximate surface area is 86.7 Å². The van der Waals surface area contributed by atoms with Crippen LogP contribution in [0, 0.1) is 0 Å². The number of likely N-dealkylation sites (N-methyl/N-ethyl adjacent to an activating group) is 1. The normalized spacial score (nSPS) is 21.7. The van der Waals surface area contributed by atoms with Crippen molar-refractivity contribution in [1.29, 1.82) is 0 Å².